The molecule has 104 valence electrons. The van der Waals surface area contributed by atoms with Gasteiger partial charge in [0.15, 0.2) is 0 Å². The summed E-state index contributed by atoms with van der Waals surface area (Å²) < 4.78 is 0. The Hall–Kier alpha value is -0.650. The van der Waals surface area contributed by atoms with Crippen molar-refractivity contribution in [3.05, 3.63) is 0 Å². The average molecular weight is 254 g/mol. The second-order valence-electron chi connectivity index (χ2n) is 5.77. The first kappa shape index (κ1) is 13.8. The van der Waals surface area contributed by atoms with E-state index in [0.717, 1.165) is 52.0 Å². The van der Waals surface area contributed by atoms with Crippen LogP contribution in [0.2, 0.25) is 0 Å². The zero-order chi connectivity index (χ0) is 13.2. The third-order valence-corrected chi connectivity index (χ3v) is 4.67. The molecule has 1 amide bonds. The zero-order valence-electron chi connectivity index (χ0n) is 11.6. The van der Waals surface area contributed by atoms with Crippen molar-refractivity contribution in [1.82, 2.24) is 15.1 Å². The molecule has 18 heavy (non-hydrogen) atoms. The smallest absolute Gasteiger partial charge is 0.238 e. The van der Waals surface area contributed by atoms with Crippen molar-refractivity contribution in [3.63, 3.8) is 0 Å². The molecule has 2 atom stereocenters. The van der Waals surface area contributed by atoms with E-state index in [1.165, 1.54) is 0 Å². The summed E-state index contributed by atoms with van der Waals surface area (Å²) >= 11 is 0. The monoisotopic (exact) mass is 254 g/mol. The molecule has 0 bridgehead atoms. The van der Waals surface area contributed by atoms with E-state index >= 15 is 0 Å². The van der Waals surface area contributed by atoms with Crippen molar-refractivity contribution in [1.29, 1.82) is 0 Å². The van der Waals surface area contributed by atoms with E-state index in [0.29, 0.717) is 6.04 Å². The Labute approximate surface area is 110 Å². The van der Waals surface area contributed by atoms with Crippen LogP contribution in [0.1, 0.15) is 26.2 Å². The largest absolute Gasteiger partial charge is 0.368 e. The number of hydrogen-bond donors (Lipinski definition) is 2. The number of likely N-dealkylation sites (tertiary alicyclic amines) is 1. The predicted octanol–water partition coefficient (Wildman–Crippen LogP) is -0.380. The number of nitrogens with one attached hydrogen (secondary N) is 1. The number of hydrogen-bond acceptors (Lipinski definition) is 4. The summed E-state index contributed by atoms with van der Waals surface area (Å²) in [5.41, 5.74) is 5.35. The molecule has 2 rings (SSSR count). The van der Waals surface area contributed by atoms with Crippen LogP contribution in [0.15, 0.2) is 0 Å². The molecule has 0 aliphatic carbocycles. The molecule has 0 aromatic carbocycles. The van der Waals surface area contributed by atoms with E-state index < -0.39 is 5.54 Å². The van der Waals surface area contributed by atoms with Gasteiger partial charge in [0.1, 0.15) is 5.54 Å². The molecule has 0 spiro atoms. The van der Waals surface area contributed by atoms with Crippen molar-refractivity contribution < 1.29 is 4.79 Å². The van der Waals surface area contributed by atoms with Crippen LogP contribution >= 0.6 is 0 Å². The molecule has 2 saturated heterocycles. The van der Waals surface area contributed by atoms with Gasteiger partial charge in [-0.2, -0.15) is 0 Å². The van der Waals surface area contributed by atoms with Crippen molar-refractivity contribution in [2.75, 3.05) is 39.8 Å². The molecular formula is C13H26N4O. The third-order valence-electron chi connectivity index (χ3n) is 4.67. The van der Waals surface area contributed by atoms with Gasteiger partial charge in [0, 0.05) is 32.2 Å². The minimum Gasteiger partial charge on any atom is -0.368 e. The highest BCUT2D eigenvalue weighted by Crippen LogP contribution is 2.32. The Morgan fingerprint density at radius 1 is 1.33 bits per heavy atom. The van der Waals surface area contributed by atoms with Gasteiger partial charge in [0.2, 0.25) is 5.91 Å². The first-order valence-electron chi connectivity index (χ1n) is 7.02. The number of carbonyl (C=O) groups is 1. The summed E-state index contributed by atoms with van der Waals surface area (Å²) in [6.45, 7) is 7.05. The number of piperidine rings is 1. The third kappa shape index (κ3) is 2.53. The lowest BCUT2D eigenvalue weighted by molar-refractivity contribution is -0.135. The van der Waals surface area contributed by atoms with Crippen LogP contribution in [0.3, 0.4) is 0 Å². The maximum absolute atomic E-state index is 12.1. The van der Waals surface area contributed by atoms with E-state index in [2.05, 4.69) is 29.1 Å². The van der Waals surface area contributed by atoms with Crippen LogP contribution in [-0.4, -0.2) is 67.1 Å². The van der Waals surface area contributed by atoms with E-state index in [4.69, 9.17) is 5.73 Å². The van der Waals surface area contributed by atoms with Crippen molar-refractivity contribution >= 4 is 5.91 Å². The van der Waals surface area contributed by atoms with E-state index in [1.807, 2.05) is 0 Å². The molecule has 3 N–H and O–H groups in total. The number of carbonyl (C=O) groups excluding carboxylic acids is 1. The molecule has 2 unspecified atom stereocenters. The van der Waals surface area contributed by atoms with Gasteiger partial charge in [0.05, 0.1) is 0 Å². The molecule has 5 heteroatoms. The highest BCUT2D eigenvalue weighted by atomic mass is 16.1. The zero-order valence-corrected chi connectivity index (χ0v) is 11.6. The van der Waals surface area contributed by atoms with Crippen LogP contribution in [0.4, 0.5) is 0 Å². The van der Waals surface area contributed by atoms with Crippen LogP contribution in [0, 0.1) is 0 Å². The van der Waals surface area contributed by atoms with Crippen LogP contribution in [0.25, 0.3) is 0 Å². The lowest BCUT2D eigenvalue weighted by Gasteiger charge is -2.48. The Morgan fingerprint density at radius 2 is 2.11 bits per heavy atom. The van der Waals surface area contributed by atoms with Crippen molar-refractivity contribution in [3.8, 4) is 0 Å². The number of nitrogens with zero attached hydrogens (tertiary/aromatic N) is 2. The van der Waals surface area contributed by atoms with Gasteiger partial charge in [0.25, 0.3) is 0 Å². The lowest BCUT2D eigenvalue weighted by atomic mass is 9.81. The minimum atomic E-state index is -0.419. The maximum atomic E-state index is 12.1. The van der Waals surface area contributed by atoms with Gasteiger partial charge in [-0.1, -0.05) is 0 Å². The van der Waals surface area contributed by atoms with Gasteiger partial charge < -0.3 is 16.0 Å². The first-order chi connectivity index (χ1) is 8.56. The Morgan fingerprint density at radius 3 is 2.78 bits per heavy atom. The molecule has 2 aliphatic rings. The average Bonchev–Trinajstić information content (AvgIpc) is 2.61. The summed E-state index contributed by atoms with van der Waals surface area (Å²) in [6, 6.07) is 0.419. The number of amides is 1. The topological polar surface area (TPSA) is 61.6 Å². The van der Waals surface area contributed by atoms with Gasteiger partial charge in [-0.05, 0) is 39.8 Å². The lowest BCUT2D eigenvalue weighted by Crippen LogP contribution is -2.64. The summed E-state index contributed by atoms with van der Waals surface area (Å²) in [6.07, 6.45) is 2.82. The molecule has 2 heterocycles. The Kier molecular flexibility index (Phi) is 4.25. The van der Waals surface area contributed by atoms with E-state index in [1.54, 1.807) is 0 Å². The van der Waals surface area contributed by atoms with Gasteiger partial charge >= 0.3 is 0 Å². The van der Waals surface area contributed by atoms with Gasteiger partial charge in [-0.15, -0.1) is 0 Å². The van der Waals surface area contributed by atoms with Crippen LogP contribution < -0.4 is 11.1 Å². The number of nitrogens with two attached hydrogens (primary N) is 1. The highest BCUT2D eigenvalue weighted by Gasteiger charge is 2.46. The first-order valence-corrected chi connectivity index (χ1v) is 7.02. The molecule has 2 fully saturated rings. The highest BCUT2D eigenvalue weighted by molar-refractivity contribution is 5.85. The second-order valence-corrected chi connectivity index (χ2v) is 5.77. The van der Waals surface area contributed by atoms with E-state index in [9.17, 15) is 4.79 Å². The second kappa shape index (κ2) is 5.55. The predicted molar refractivity (Wildman–Crippen MR) is 72.3 cm³/mol. The van der Waals surface area contributed by atoms with Gasteiger partial charge in [-0.3, -0.25) is 9.69 Å². The molecule has 0 aromatic heterocycles. The normalized spacial score (nSPS) is 36.2. The Balaban J connectivity index is 2.18. The molecule has 0 aromatic rings. The summed E-state index contributed by atoms with van der Waals surface area (Å²) in [7, 11) is 2.12. The van der Waals surface area contributed by atoms with Gasteiger partial charge in [-0.25, -0.2) is 0 Å². The standard InChI is InChI=1S/C13H26N4O/c1-11-10-13(12(14)18,4-8-16(11)2)17-7-3-5-15-6-9-17/h11,15H,3-10H2,1-2H3,(H2,14,18). The minimum absolute atomic E-state index is 0.135. The summed E-state index contributed by atoms with van der Waals surface area (Å²) in [5, 5.41) is 3.39. The number of rotatable bonds is 2. The molecule has 0 radical (unpaired) electrons. The fraction of sp³-hybridized carbons (Fsp3) is 0.923. The molecule has 5 nitrogen and oxygen atoms in total. The van der Waals surface area contributed by atoms with E-state index in [-0.39, 0.29) is 5.91 Å². The quantitative estimate of drug-likeness (QED) is 0.705. The molecule has 2 aliphatic heterocycles. The molecule has 0 saturated carbocycles. The van der Waals surface area contributed by atoms with Crippen LogP contribution in [-0.2, 0) is 4.79 Å². The molecular weight excluding hydrogens is 228 g/mol. The fourth-order valence-electron chi connectivity index (χ4n) is 3.27. The number of primary amides is 1. The Bertz CT molecular complexity index is 301. The fourth-order valence-corrected chi connectivity index (χ4v) is 3.27. The SMILES string of the molecule is CC1CC(C(N)=O)(N2CCCNCC2)CCN1C. The summed E-state index contributed by atoms with van der Waals surface area (Å²) in [5.74, 6) is -0.135. The van der Waals surface area contributed by atoms with Crippen molar-refractivity contribution in [2.24, 2.45) is 5.73 Å². The maximum Gasteiger partial charge on any atom is 0.238 e. The summed E-state index contributed by atoms with van der Waals surface area (Å²) in [4.78, 5) is 16.7. The van der Waals surface area contributed by atoms with Crippen molar-refractivity contribution in [2.45, 2.75) is 37.8 Å². The van der Waals surface area contributed by atoms with Crippen LogP contribution in [0.5, 0.6) is 0 Å².